The van der Waals surface area contributed by atoms with E-state index in [4.69, 9.17) is 5.11 Å². The number of nitrogens with one attached hydrogen (secondary N) is 1. The molecule has 0 aliphatic heterocycles. The molecule has 1 rings (SSSR count). The van der Waals surface area contributed by atoms with Gasteiger partial charge in [-0.3, -0.25) is 4.79 Å². The molecule has 0 heterocycles. The molecule has 1 aromatic rings. The van der Waals surface area contributed by atoms with Crippen molar-refractivity contribution < 1.29 is 18.7 Å². The number of carbonyl (C=O) groups excluding carboxylic acids is 1. The molecule has 5 heteroatoms. The quantitative estimate of drug-likeness (QED) is 0.738. The molecule has 0 saturated heterocycles. The van der Waals surface area contributed by atoms with Gasteiger partial charge in [0.15, 0.2) is 0 Å². The molecule has 70 valence electrons. The third kappa shape index (κ3) is 2.70. The lowest BCUT2D eigenvalue weighted by Crippen LogP contribution is -2.19. The summed E-state index contributed by atoms with van der Waals surface area (Å²) in [4.78, 5) is 10.5. The summed E-state index contributed by atoms with van der Waals surface area (Å²) in [7, 11) is 0. The molecule has 13 heavy (non-hydrogen) atoms. The summed E-state index contributed by atoms with van der Waals surface area (Å²) >= 11 is 0. The van der Waals surface area contributed by atoms with Gasteiger partial charge in [-0.25, -0.2) is 0 Å². The zero-order chi connectivity index (χ0) is 9.84. The normalized spacial score (nSPS) is 10.1. The number of alkyl halides is 2. The largest absolute Gasteiger partial charge is 0.508 e. The minimum Gasteiger partial charge on any atom is -0.508 e. The Morgan fingerprint density at radius 2 is 2.15 bits per heavy atom. The van der Waals surface area contributed by atoms with Crippen LogP contribution >= 0.6 is 0 Å². The summed E-state index contributed by atoms with van der Waals surface area (Å²) in [5, 5.41) is 10.9. The van der Waals surface area contributed by atoms with Crippen LogP contribution in [0.2, 0.25) is 0 Å². The first kappa shape index (κ1) is 9.44. The third-order valence-electron chi connectivity index (χ3n) is 1.31. The van der Waals surface area contributed by atoms with Crippen LogP contribution in [0.25, 0.3) is 0 Å². The predicted molar refractivity (Wildman–Crippen MR) is 42.7 cm³/mol. The van der Waals surface area contributed by atoms with Gasteiger partial charge >= 0.3 is 6.43 Å². The number of amides is 1. The molecule has 2 N–H and O–H groups in total. The SMILES string of the molecule is O=C(Nc1cccc(O)c1)C(F)F. The molecule has 0 aliphatic rings. The van der Waals surface area contributed by atoms with Gasteiger partial charge in [0.1, 0.15) is 5.75 Å². The van der Waals surface area contributed by atoms with Crippen LogP contribution in [0.5, 0.6) is 5.75 Å². The highest BCUT2D eigenvalue weighted by Crippen LogP contribution is 2.15. The van der Waals surface area contributed by atoms with Crippen molar-refractivity contribution in [3.8, 4) is 5.75 Å². The maximum Gasteiger partial charge on any atom is 0.315 e. The summed E-state index contributed by atoms with van der Waals surface area (Å²) in [6.07, 6.45) is -3.05. The number of rotatable bonds is 2. The number of hydrogen-bond donors (Lipinski definition) is 2. The minimum atomic E-state index is -3.05. The summed E-state index contributed by atoms with van der Waals surface area (Å²) in [6.45, 7) is 0. The molecular formula is C8H7F2NO2. The summed E-state index contributed by atoms with van der Waals surface area (Å²) in [5.41, 5.74) is 0.144. The molecule has 0 spiro atoms. The number of benzene rings is 1. The Hall–Kier alpha value is -1.65. The zero-order valence-corrected chi connectivity index (χ0v) is 6.50. The third-order valence-corrected chi connectivity index (χ3v) is 1.31. The van der Waals surface area contributed by atoms with Crippen LogP contribution in [0.1, 0.15) is 0 Å². The summed E-state index contributed by atoms with van der Waals surface area (Å²) in [5.74, 6) is -1.47. The lowest BCUT2D eigenvalue weighted by molar-refractivity contribution is -0.126. The fourth-order valence-electron chi connectivity index (χ4n) is 0.780. The molecule has 1 aromatic carbocycles. The van der Waals surface area contributed by atoms with Crippen LogP contribution in [0.3, 0.4) is 0 Å². The average molecular weight is 187 g/mol. The Bertz CT molecular complexity index is 315. The number of carbonyl (C=O) groups is 1. The first-order chi connectivity index (χ1) is 6.09. The van der Waals surface area contributed by atoms with Gasteiger partial charge in [0, 0.05) is 11.8 Å². The van der Waals surface area contributed by atoms with Gasteiger partial charge in [-0.2, -0.15) is 8.78 Å². The Morgan fingerprint density at radius 3 is 2.69 bits per heavy atom. The first-order valence-electron chi connectivity index (χ1n) is 3.47. The van der Waals surface area contributed by atoms with Crippen molar-refractivity contribution >= 4 is 11.6 Å². The van der Waals surface area contributed by atoms with Crippen LogP contribution < -0.4 is 5.32 Å². The molecule has 0 saturated carbocycles. The van der Waals surface area contributed by atoms with E-state index in [1.54, 1.807) is 0 Å². The van der Waals surface area contributed by atoms with E-state index in [1.165, 1.54) is 24.3 Å². The molecule has 0 atom stereocenters. The minimum absolute atomic E-state index is 0.0907. The van der Waals surface area contributed by atoms with Gasteiger partial charge in [-0.15, -0.1) is 0 Å². The molecule has 0 fully saturated rings. The van der Waals surface area contributed by atoms with Crippen molar-refractivity contribution in [2.45, 2.75) is 6.43 Å². The number of hydrogen-bond acceptors (Lipinski definition) is 2. The number of phenolic OH excluding ortho intramolecular Hbond substituents is 1. The first-order valence-corrected chi connectivity index (χ1v) is 3.47. The molecular weight excluding hydrogens is 180 g/mol. The molecule has 1 amide bonds. The van der Waals surface area contributed by atoms with Gasteiger partial charge in [0.25, 0.3) is 5.91 Å². The van der Waals surface area contributed by atoms with Crippen molar-refractivity contribution in [1.29, 1.82) is 0 Å². The Kier molecular flexibility index (Phi) is 2.79. The van der Waals surface area contributed by atoms with Crippen molar-refractivity contribution in [1.82, 2.24) is 0 Å². The smallest absolute Gasteiger partial charge is 0.315 e. The Balaban J connectivity index is 2.69. The Morgan fingerprint density at radius 1 is 1.46 bits per heavy atom. The number of phenols is 1. The fourth-order valence-corrected chi connectivity index (χ4v) is 0.780. The highest BCUT2D eigenvalue weighted by atomic mass is 19.3. The lowest BCUT2D eigenvalue weighted by Gasteiger charge is -2.03. The monoisotopic (exact) mass is 187 g/mol. The van der Waals surface area contributed by atoms with E-state index in [-0.39, 0.29) is 11.4 Å². The van der Waals surface area contributed by atoms with Crippen molar-refractivity contribution in [3.05, 3.63) is 24.3 Å². The van der Waals surface area contributed by atoms with E-state index < -0.39 is 12.3 Å². The second kappa shape index (κ2) is 3.84. The molecule has 0 aromatic heterocycles. The maximum absolute atomic E-state index is 11.7. The second-order valence-electron chi connectivity index (χ2n) is 2.34. The van der Waals surface area contributed by atoms with E-state index in [2.05, 4.69) is 0 Å². The van der Waals surface area contributed by atoms with E-state index in [0.717, 1.165) is 0 Å². The molecule has 0 unspecified atom stereocenters. The van der Waals surface area contributed by atoms with Crippen LogP contribution in [0.15, 0.2) is 24.3 Å². The standard InChI is InChI=1S/C8H7F2NO2/c9-7(10)8(13)11-5-2-1-3-6(12)4-5/h1-4,7,12H,(H,11,13). The van der Waals surface area contributed by atoms with Gasteiger partial charge in [0.05, 0.1) is 0 Å². The van der Waals surface area contributed by atoms with Crippen molar-refractivity contribution in [2.24, 2.45) is 0 Å². The Labute approximate surface area is 73.0 Å². The average Bonchev–Trinajstić information content (AvgIpc) is 2.04. The van der Waals surface area contributed by atoms with Crippen LogP contribution in [0, 0.1) is 0 Å². The molecule has 0 bridgehead atoms. The van der Waals surface area contributed by atoms with Crippen molar-refractivity contribution in [2.75, 3.05) is 5.32 Å². The second-order valence-corrected chi connectivity index (χ2v) is 2.34. The van der Waals surface area contributed by atoms with E-state index in [1.807, 2.05) is 5.32 Å². The van der Waals surface area contributed by atoms with E-state index in [0.29, 0.717) is 0 Å². The molecule has 0 radical (unpaired) electrons. The number of halogens is 2. The van der Waals surface area contributed by atoms with Gasteiger partial charge < -0.3 is 10.4 Å². The van der Waals surface area contributed by atoms with Gasteiger partial charge in [-0.1, -0.05) is 6.07 Å². The fraction of sp³-hybridized carbons (Fsp3) is 0.125. The van der Waals surface area contributed by atoms with Gasteiger partial charge in [0.2, 0.25) is 0 Å². The van der Waals surface area contributed by atoms with Crippen LogP contribution in [-0.2, 0) is 4.79 Å². The lowest BCUT2D eigenvalue weighted by atomic mass is 10.3. The highest BCUT2D eigenvalue weighted by molar-refractivity contribution is 5.93. The predicted octanol–water partition coefficient (Wildman–Crippen LogP) is 1.60. The van der Waals surface area contributed by atoms with Crippen LogP contribution in [-0.4, -0.2) is 17.4 Å². The molecule has 3 nitrogen and oxygen atoms in total. The summed E-state index contributed by atoms with van der Waals surface area (Å²) in [6, 6.07) is 5.40. The topological polar surface area (TPSA) is 49.3 Å². The van der Waals surface area contributed by atoms with Crippen LogP contribution in [0.4, 0.5) is 14.5 Å². The van der Waals surface area contributed by atoms with Gasteiger partial charge in [-0.05, 0) is 12.1 Å². The highest BCUT2D eigenvalue weighted by Gasteiger charge is 2.14. The van der Waals surface area contributed by atoms with Crippen molar-refractivity contribution in [3.63, 3.8) is 0 Å². The molecule has 0 aliphatic carbocycles. The zero-order valence-electron chi connectivity index (χ0n) is 6.50. The number of aromatic hydroxyl groups is 1. The number of anilines is 1. The van der Waals surface area contributed by atoms with E-state index in [9.17, 15) is 13.6 Å². The summed E-state index contributed by atoms with van der Waals surface area (Å²) < 4.78 is 23.5. The maximum atomic E-state index is 11.7. The van der Waals surface area contributed by atoms with E-state index >= 15 is 0 Å².